The number of nitrogens with one attached hydrogen (secondary N) is 2. The van der Waals surface area contributed by atoms with Gasteiger partial charge in [0.05, 0.1) is 5.92 Å². The number of hydrogen-bond donors (Lipinski definition) is 3. The fourth-order valence-electron chi connectivity index (χ4n) is 2.44. The van der Waals surface area contributed by atoms with Gasteiger partial charge < -0.3 is 15.7 Å². The van der Waals surface area contributed by atoms with Crippen LogP contribution in [0.2, 0.25) is 0 Å². The van der Waals surface area contributed by atoms with Crippen LogP contribution in [0.15, 0.2) is 0 Å². The summed E-state index contributed by atoms with van der Waals surface area (Å²) in [5.41, 5.74) is 0. The van der Waals surface area contributed by atoms with Crippen LogP contribution in [0.4, 0.5) is 0 Å². The molecule has 0 aromatic carbocycles. The summed E-state index contributed by atoms with van der Waals surface area (Å²) in [7, 11) is 0. The van der Waals surface area contributed by atoms with Crippen molar-refractivity contribution >= 4 is 11.9 Å². The average molecular weight is 271 g/mol. The third-order valence-corrected chi connectivity index (χ3v) is 3.36. The van der Waals surface area contributed by atoms with E-state index in [2.05, 4.69) is 22.5 Å². The highest BCUT2D eigenvalue weighted by Gasteiger charge is 2.30. The SMILES string of the molecule is CCCNC1CC(C(=O)O)CN(CCNC(C)=O)C1. The van der Waals surface area contributed by atoms with Crippen molar-refractivity contribution in [2.75, 3.05) is 32.7 Å². The van der Waals surface area contributed by atoms with E-state index in [0.29, 0.717) is 26.1 Å². The van der Waals surface area contributed by atoms with Gasteiger partial charge in [-0.05, 0) is 19.4 Å². The molecule has 0 aromatic rings. The zero-order valence-electron chi connectivity index (χ0n) is 11.8. The number of carboxylic acids is 1. The van der Waals surface area contributed by atoms with Gasteiger partial charge in [0.1, 0.15) is 0 Å². The zero-order chi connectivity index (χ0) is 14.3. The smallest absolute Gasteiger partial charge is 0.307 e. The van der Waals surface area contributed by atoms with Gasteiger partial charge in [-0.1, -0.05) is 6.92 Å². The quantitative estimate of drug-likeness (QED) is 0.602. The third-order valence-electron chi connectivity index (χ3n) is 3.36. The van der Waals surface area contributed by atoms with Gasteiger partial charge in [-0.2, -0.15) is 0 Å². The zero-order valence-corrected chi connectivity index (χ0v) is 11.8. The van der Waals surface area contributed by atoms with Crippen LogP contribution in [0.1, 0.15) is 26.7 Å². The maximum atomic E-state index is 11.2. The Morgan fingerprint density at radius 2 is 2.05 bits per heavy atom. The van der Waals surface area contributed by atoms with Gasteiger partial charge in [0, 0.05) is 39.1 Å². The van der Waals surface area contributed by atoms with E-state index in [0.717, 1.165) is 19.5 Å². The van der Waals surface area contributed by atoms with Gasteiger partial charge >= 0.3 is 5.97 Å². The highest BCUT2D eigenvalue weighted by molar-refractivity contribution is 5.72. The summed E-state index contributed by atoms with van der Waals surface area (Å²) < 4.78 is 0. The molecule has 0 saturated carbocycles. The maximum absolute atomic E-state index is 11.2. The fraction of sp³-hybridized carbons (Fsp3) is 0.846. The van der Waals surface area contributed by atoms with Crippen LogP contribution in [-0.4, -0.2) is 60.6 Å². The molecule has 2 atom stereocenters. The molecular formula is C13H25N3O3. The summed E-state index contributed by atoms with van der Waals surface area (Å²) in [6.07, 6.45) is 1.73. The first-order valence-electron chi connectivity index (χ1n) is 6.96. The van der Waals surface area contributed by atoms with Gasteiger partial charge in [0.2, 0.25) is 5.91 Å². The second kappa shape index (κ2) is 8.12. The molecule has 0 bridgehead atoms. The Bertz CT molecular complexity index is 310. The second-order valence-electron chi connectivity index (χ2n) is 5.16. The first-order chi connectivity index (χ1) is 9.02. The van der Waals surface area contributed by atoms with Crippen molar-refractivity contribution in [3.05, 3.63) is 0 Å². The normalized spacial score (nSPS) is 24.1. The van der Waals surface area contributed by atoms with Crippen LogP contribution < -0.4 is 10.6 Å². The number of rotatable bonds is 7. The largest absolute Gasteiger partial charge is 0.481 e. The van der Waals surface area contributed by atoms with Crippen LogP contribution in [0.3, 0.4) is 0 Å². The van der Waals surface area contributed by atoms with Crippen LogP contribution in [-0.2, 0) is 9.59 Å². The van der Waals surface area contributed by atoms with E-state index in [-0.39, 0.29) is 17.9 Å². The monoisotopic (exact) mass is 271 g/mol. The van der Waals surface area contributed by atoms with E-state index < -0.39 is 5.97 Å². The number of likely N-dealkylation sites (tertiary alicyclic amines) is 1. The lowest BCUT2D eigenvalue weighted by molar-refractivity contribution is -0.144. The molecule has 1 amide bonds. The van der Waals surface area contributed by atoms with Crippen molar-refractivity contribution in [2.45, 2.75) is 32.7 Å². The number of carbonyl (C=O) groups is 2. The summed E-state index contributed by atoms with van der Waals surface area (Å²) in [6, 6.07) is 0.229. The lowest BCUT2D eigenvalue weighted by atomic mass is 9.94. The molecule has 0 radical (unpaired) electrons. The highest BCUT2D eigenvalue weighted by Crippen LogP contribution is 2.17. The number of aliphatic carboxylic acids is 1. The molecule has 1 aliphatic heterocycles. The number of carbonyl (C=O) groups excluding carboxylic acids is 1. The van der Waals surface area contributed by atoms with Gasteiger partial charge in [-0.15, -0.1) is 0 Å². The summed E-state index contributed by atoms with van der Waals surface area (Å²) in [5, 5.41) is 15.3. The Morgan fingerprint density at radius 3 is 2.63 bits per heavy atom. The number of hydrogen-bond acceptors (Lipinski definition) is 4. The van der Waals surface area contributed by atoms with E-state index in [1.165, 1.54) is 6.92 Å². The number of piperidine rings is 1. The molecule has 0 aromatic heterocycles. The first kappa shape index (κ1) is 15.9. The molecule has 2 unspecified atom stereocenters. The number of nitrogens with zero attached hydrogens (tertiary/aromatic N) is 1. The molecule has 19 heavy (non-hydrogen) atoms. The molecule has 3 N–H and O–H groups in total. The lowest BCUT2D eigenvalue weighted by Crippen LogP contribution is -2.52. The van der Waals surface area contributed by atoms with Crippen molar-refractivity contribution in [3.8, 4) is 0 Å². The standard InChI is InChI=1S/C13H25N3O3/c1-3-4-15-12-7-11(13(18)19)8-16(9-12)6-5-14-10(2)17/h11-12,15H,3-9H2,1-2H3,(H,14,17)(H,18,19). The molecule has 110 valence electrons. The van der Waals surface area contributed by atoms with Crippen molar-refractivity contribution in [1.29, 1.82) is 0 Å². The van der Waals surface area contributed by atoms with E-state index in [4.69, 9.17) is 0 Å². The third kappa shape index (κ3) is 6.02. The predicted octanol–water partition coefficient (Wildman–Crippen LogP) is -0.103. The van der Waals surface area contributed by atoms with E-state index >= 15 is 0 Å². The van der Waals surface area contributed by atoms with Crippen molar-refractivity contribution in [2.24, 2.45) is 5.92 Å². The number of amides is 1. The minimum Gasteiger partial charge on any atom is -0.481 e. The molecule has 1 aliphatic rings. The summed E-state index contributed by atoms with van der Waals surface area (Å²) in [6.45, 7) is 7.19. The minimum absolute atomic E-state index is 0.0487. The van der Waals surface area contributed by atoms with Crippen molar-refractivity contribution in [3.63, 3.8) is 0 Å². The molecule has 0 aliphatic carbocycles. The van der Waals surface area contributed by atoms with Crippen molar-refractivity contribution in [1.82, 2.24) is 15.5 Å². The van der Waals surface area contributed by atoms with Gasteiger partial charge in [-0.25, -0.2) is 0 Å². The second-order valence-corrected chi connectivity index (χ2v) is 5.16. The van der Waals surface area contributed by atoms with Crippen LogP contribution in [0, 0.1) is 5.92 Å². The number of carboxylic acid groups (broad SMARTS) is 1. The maximum Gasteiger partial charge on any atom is 0.307 e. The Morgan fingerprint density at radius 1 is 1.32 bits per heavy atom. The van der Waals surface area contributed by atoms with Crippen molar-refractivity contribution < 1.29 is 14.7 Å². The van der Waals surface area contributed by atoms with Crippen LogP contribution in [0.25, 0.3) is 0 Å². The molecular weight excluding hydrogens is 246 g/mol. The predicted molar refractivity (Wildman–Crippen MR) is 72.9 cm³/mol. The van der Waals surface area contributed by atoms with Gasteiger partial charge in [-0.3, -0.25) is 14.5 Å². The molecule has 1 fully saturated rings. The average Bonchev–Trinajstić information content (AvgIpc) is 2.35. The van der Waals surface area contributed by atoms with Gasteiger partial charge in [0.25, 0.3) is 0 Å². The summed E-state index contributed by atoms with van der Waals surface area (Å²) >= 11 is 0. The van der Waals surface area contributed by atoms with Crippen LogP contribution in [0.5, 0.6) is 0 Å². The topological polar surface area (TPSA) is 81.7 Å². The molecule has 1 rings (SSSR count). The van der Waals surface area contributed by atoms with Crippen LogP contribution >= 0.6 is 0 Å². The molecule has 6 heteroatoms. The Kier molecular flexibility index (Phi) is 6.80. The Balaban J connectivity index is 2.45. The Labute approximate surface area is 114 Å². The first-order valence-corrected chi connectivity index (χ1v) is 6.96. The molecule has 0 spiro atoms. The lowest BCUT2D eigenvalue weighted by Gasteiger charge is -2.36. The minimum atomic E-state index is -0.729. The van der Waals surface area contributed by atoms with E-state index in [1.54, 1.807) is 0 Å². The molecule has 6 nitrogen and oxygen atoms in total. The highest BCUT2D eigenvalue weighted by atomic mass is 16.4. The Hall–Kier alpha value is -1.14. The fourth-order valence-corrected chi connectivity index (χ4v) is 2.44. The van der Waals surface area contributed by atoms with E-state index in [1.807, 2.05) is 0 Å². The summed E-state index contributed by atoms with van der Waals surface area (Å²) in [4.78, 5) is 24.1. The molecule has 1 heterocycles. The van der Waals surface area contributed by atoms with Gasteiger partial charge in [0.15, 0.2) is 0 Å². The summed E-state index contributed by atoms with van der Waals surface area (Å²) in [5.74, 6) is -1.10. The molecule has 1 saturated heterocycles. The van der Waals surface area contributed by atoms with E-state index in [9.17, 15) is 14.7 Å².